The average molecular weight is 304 g/mol. The van der Waals surface area contributed by atoms with Gasteiger partial charge in [0.05, 0.1) is 11.4 Å². The molecule has 4 rings (SSSR count). The number of azo groups is 1. The van der Waals surface area contributed by atoms with E-state index in [-0.39, 0.29) is 5.82 Å². The van der Waals surface area contributed by atoms with E-state index in [1.165, 1.54) is 12.3 Å². The summed E-state index contributed by atoms with van der Waals surface area (Å²) < 4.78 is 15.1. The monoisotopic (exact) mass is 304 g/mol. The summed E-state index contributed by atoms with van der Waals surface area (Å²) in [5.74, 6) is 0.198. The first-order chi connectivity index (χ1) is 11.2. The summed E-state index contributed by atoms with van der Waals surface area (Å²) in [5, 5.41) is 10.8. The minimum atomic E-state index is -0.337. The second-order valence-electron chi connectivity index (χ2n) is 5.29. The van der Waals surface area contributed by atoms with Gasteiger partial charge >= 0.3 is 0 Å². The fraction of sp³-hybridized carbons (Fsp3) is 0.0556. The number of hydrogen-bond donors (Lipinski definition) is 0. The second kappa shape index (κ2) is 5.28. The Morgan fingerprint density at radius 3 is 2.70 bits per heavy atom. The minimum absolute atomic E-state index is 0.337. The van der Waals surface area contributed by atoms with Crippen molar-refractivity contribution in [1.29, 1.82) is 0 Å². The summed E-state index contributed by atoms with van der Waals surface area (Å²) in [7, 11) is 0. The van der Waals surface area contributed by atoms with Crippen LogP contribution in [-0.4, -0.2) is 9.38 Å². The van der Waals surface area contributed by atoms with Gasteiger partial charge in [0, 0.05) is 11.6 Å². The molecule has 4 aromatic rings. The molecule has 23 heavy (non-hydrogen) atoms. The van der Waals surface area contributed by atoms with Gasteiger partial charge in [0.1, 0.15) is 11.5 Å². The number of pyridine rings is 1. The maximum Gasteiger partial charge on any atom is 0.182 e. The van der Waals surface area contributed by atoms with Crippen molar-refractivity contribution in [3.05, 3.63) is 72.3 Å². The summed E-state index contributed by atoms with van der Waals surface area (Å²) in [6.45, 7) is 1.84. The normalized spacial score (nSPS) is 11.7. The van der Waals surface area contributed by atoms with Gasteiger partial charge in [0.2, 0.25) is 0 Å². The second-order valence-corrected chi connectivity index (χ2v) is 5.29. The molecule has 0 N–H and O–H groups in total. The predicted molar refractivity (Wildman–Crippen MR) is 88.0 cm³/mol. The molecule has 5 heteroatoms. The Kier molecular flexibility index (Phi) is 3.12. The fourth-order valence-corrected chi connectivity index (χ4v) is 2.64. The van der Waals surface area contributed by atoms with Crippen molar-refractivity contribution in [3.63, 3.8) is 0 Å². The Balaban J connectivity index is 1.85. The van der Waals surface area contributed by atoms with Gasteiger partial charge in [-0.1, -0.05) is 36.4 Å². The highest BCUT2D eigenvalue weighted by Crippen LogP contribution is 2.28. The zero-order valence-electron chi connectivity index (χ0n) is 12.4. The molecule has 0 fully saturated rings. The first-order valence-electron chi connectivity index (χ1n) is 7.26. The van der Waals surface area contributed by atoms with Gasteiger partial charge in [-0.2, -0.15) is 0 Å². The highest BCUT2D eigenvalue weighted by atomic mass is 19.1. The smallest absolute Gasteiger partial charge is 0.182 e. The number of aryl methyl sites for hydroxylation is 1. The Morgan fingerprint density at radius 2 is 1.78 bits per heavy atom. The third-order valence-corrected chi connectivity index (χ3v) is 3.74. The fourth-order valence-electron chi connectivity index (χ4n) is 2.64. The lowest BCUT2D eigenvalue weighted by atomic mass is 10.1. The SMILES string of the molecule is Cc1nc2ccc(F)cn2c1N=Nc1cccc2ccccc12. The van der Waals surface area contributed by atoms with Crippen LogP contribution in [0.2, 0.25) is 0 Å². The van der Waals surface area contributed by atoms with E-state index in [1.54, 1.807) is 10.5 Å². The van der Waals surface area contributed by atoms with Crippen molar-refractivity contribution < 1.29 is 4.39 Å². The van der Waals surface area contributed by atoms with E-state index >= 15 is 0 Å². The molecule has 0 radical (unpaired) electrons. The molecule has 0 saturated carbocycles. The first kappa shape index (κ1) is 13.6. The zero-order valence-corrected chi connectivity index (χ0v) is 12.4. The highest BCUT2D eigenvalue weighted by Gasteiger charge is 2.09. The number of fused-ring (bicyclic) bond motifs is 2. The lowest BCUT2D eigenvalue weighted by molar-refractivity contribution is 0.619. The largest absolute Gasteiger partial charge is 0.280 e. The molecule has 4 nitrogen and oxygen atoms in total. The van der Waals surface area contributed by atoms with E-state index in [0.717, 1.165) is 16.5 Å². The van der Waals surface area contributed by atoms with E-state index < -0.39 is 0 Å². The zero-order chi connectivity index (χ0) is 15.8. The van der Waals surface area contributed by atoms with Crippen LogP contribution in [0.4, 0.5) is 15.9 Å². The number of nitrogens with zero attached hydrogens (tertiary/aromatic N) is 4. The molecule has 0 aliphatic carbocycles. The third kappa shape index (κ3) is 2.36. The molecule has 2 heterocycles. The van der Waals surface area contributed by atoms with Crippen LogP contribution < -0.4 is 0 Å². The van der Waals surface area contributed by atoms with Crippen molar-refractivity contribution in [2.24, 2.45) is 10.2 Å². The summed E-state index contributed by atoms with van der Waals surface area (Å²) in [5.41, 5.74) is 2.13. The number of hydrogen-bond acceptors (Lipinski definition) is 3. The van der Waals surface area contributed by atoms with Gasteiger partial charge in [-0.05, 0) is 30.5 Å². The lowest BCUT2D eigenvalue weighted by Gasteiger charge is -2.00. The summed E-state index contributed by atoms with van der Waals surface area (Å²) in [4.78, 5) is 4.37. The molecular formula is C18H13FN4. The summed E-state index contributed by atoms with van der Waals surface area (Å²) in [6, 6.07) is 16.9. The van der Waals surface area contributed by atoms with Crippen LogP contribution >= 0.6 is 0 Å². The van der Waals surface area contributed by atoms with E-state index in [1.807, 2.05) is 49.4 Å². The van der Waals surface area contributed by atoms with E-state index in [9.17, 15) is 4.39 Å². The Morgan fingerprint density at radius 1 is 0.957 bits per heavy atom. The van der Waals surface area contributed by atoms with Crippen LogP contribution in [-0.2, 0) is 0 Å². The maximum absolute atomic E-state index is 13.5. The third-order valence-electron chi connectivity index (χ3n) is 3.74. The summed E-state index contributed by atoms with van der Waals surface area (Å²) in [6.07, 6.45) is 1.37. The predicted octanol–water partition coefficient (Wildman–Crippen LogP) is 5.35. The average Bonchev–Trinajstić information content (AvgIpc) is 2.87. The first-order valence-corrected chi connectivity index (χ1v) is 7.26. The molecule has 0 aliphatic heterocycles. The lowest BCUT2D eigenvalue weighted by Crippen LogP contribution is -1.85. The van der Waals surface area contributed by atoms with Gasteiger partial charge < -0.3 is 0 Å². The van der Waals surface area contributed by atoms with Crippen LogP contribution in [0.25, 0.3) is 16.4 Å². The summed E-state index contributed by atoms with van der Waals surface area (Å²) >= 11 is 0. The van der Waals surface area contributed by atoms with Crippen LogP contribution in [0, 0.1) is 12.7 Å². The molecule has 0 saturated heterocycles. The Hall–Kier alpha value is -3.08. The molecule has 0 atom stereocenters. The topological polar surface area (TPSA) is 42.0 Å². The van der Waals surface area contributed by atoms with Crippen LogP contribution in [0.5, 0.6) is 0 Å². The van der Waals surface area contributed by atoms with Gasteiger partial charge in [-0.3, -0.25) is 4.40 Å². The molecule has 0 amide bonds. The number of halogens is 1. The van der Waals surface area contributed by atoms with Gasteiger partial charge in [-0.25, -0.2) is 9.37 Å². The number of imidazole rings is 1. The van der Waals surface area contributed by atoms with Crippen molar-refractivity contribution in [2.75, 3.05) is 0 Å². The van der Waals surface area contributed by atoms with E-state index in [0.29, 0.717) is 17.2 Å². The molecule has 0 aliphatic rings. The molecule has 0 unspecified atom stereocenters. The van der Waals surface area contributed by atoms with Crippen LogP contribution in [0.1, 0.15) is 5.69 Å². The molecule has 0 bridgehead atoms. The van der Waals surface area contributed by atoms with Gasteiger partial charge in [-0.15, -0.1) is 10.2 Å². The molecule has 0 spiro atoms. The minimum Gasteiger partial charge on any atom is -0.280 e. The number of aromatic nitrogens is 2. The number of rotatable bonds is 2. The van der Waals surface area contributed by atoms with Crippen molar-refractivity contribution in [2.45, 2.75) is 6.92 Å². The van der Waals surface area contributed by atoms with Crippen molar-refractivity contribution in [1.82, 2.24) is 9.38 Å². The molecule has 2 aromatic carbocycles. The quantitative estimate of drug-likeness (QED) is 0.460. The van der Waals surface area contributed by atoms with Crippen molar-refractivity contribution >= 4 is 27.9 Å². The van der Waals surface area contributed by atoms with E-state index in [2.05, 4.69) is 15.2 Å². The standard InChI is InChI=1S/C18H13FN4/c1-12-18(23-11-14(19)9-10-17(23)20-12)22-21-16-8-4-6-13-5-2-3-7-15(13)16/h2-11H,1H3. The number of benzene rings is 2. The molecule has 2 aromatic heterocycles. The Bertz CT molecular complexity index is 1040. The van der Waals surface area contributed by atoms with Crippen molar-refractivity contribution in [3.8, 4) is 0 Å². The van der Waals surface area contributed by atoms with Crippen LogP contribution in [0.15, 0.2) is 71.0 Å². The van der Waals surface area contributed by atoms with Crippen LogP contribution in [0.3, 0.4) is 0 Å². The maximum atomic E-state index is 13.5. The highest BCUT2D eigenvalue weighted by molar-refractivity contribution is 5.92. The molecule has 112 valence electrons. The van der Waals surface area contributed by atoms with Gasteiger partial charge in [0.25, 0.3) is 0 Å². The Labute approximate surface area is 131 Å². The van der Waals surface area contributed by atoms with E-state index in [4.69, 9.17) is 0 Å². The molecular weight excluding hydrogens is 291 g/mol. The van der Waals surface area contributed by atoms with Gasteiger partial charge in [0.15, 0.2) is 5.82 Å².